The molecule has 1 aliphatic heterocycles. The van der Waals surface area contributed by atoms with Gasteiger partial charge < -0.3 is 0 Å². The monoisotopic (exact) mass is 315 g/mol. The topological polar surface area (TPSA) is 37.4 Å². The Balaban J connectivity index is 2.28. The van der Waals surface area contributed by atoms with Gasteiger partial charge in [0.25, 0.3) is 5.91 Å². The first-order chi connectivity index (χ1) is 7.99. The van der Waals surface area contributed by atoms with E-state index in [9.17, 15) is 9.59 Å². The highest BCUT2D eigenvalue weighted by molar-refractivity contribution is 9.10. The number of hydrogen-bond acceptors (Lipinski definition) is 2. The molecule has 2 rings (SSSR count). The fourth-order valence-corrected chi connectivity index (χ4v) is 2.74. The number of hydrogen-bond donors (Lipinski definition) is 0. The van der Waals surface area contributed by atoms with Crippen LogP contribution in [0.5, 0.6) is 0 Å². The Hall–Kier alpha value is -0.870. The summed E-state index contributed by atoms with van der Waals surface area (Å²) in [4.78, 5) is 25.1. The van der Waals surface area contributed by atoms with Gasteiger partial charge in [-0.15, -0.1) is 0 Å². The fourth-order valence-electron chi connectivity index (χ4n) is 1.89. The van der Waals surface area contributed by atoms with Gasteiger partial charge in [0.2, 0.25) is 5.91 Å². The summed E-state index contributed by atoms with van der Waals surface area (Å²) >= 11 is 9.10. The van der Waals surface area contributed by atoms with E-state index in [2.05, 4.69) is 15.9 Å². The number of halogens is 2. The molecular weight excluding hydrogens is 305 g/mol. The number of nitrogens with zero attached hydrogens (tertiary/aromatic N) is 1. The lowest BCUT2D eigenvalue weighted by Crippen LogP contribution is -2.32. The van der Waals surface area contributed by atoms with E-state index in [-0.39, 0.29) is 17.7 Å². The molecule has 5 heteroatoms. The minimum atomic E-state index is -0.261. The molecule has 17 heavy (non-hydrogen) atoms. The summed E-state index contributed by atoms with van der Waals surface area (Å²) < 4.78 is 0.613. The van der Waals surface area contributed by atoms with Crippen molar-refractivity contribution in [3.8, 4) is 0 Å². The maximum Gasteiger partial charge on any atom is 0.261 e. The van der Waals surface area contributed by atoms with Crippen LogP contribution in [0.2, 0.25) is 5.02 Å². The molecule has 2 amide bonds. The number of carbonyl (C=O) groups is 2. The van der Waals surface area contributed by atoms with Crippen LogP contribution >= 0.6 is 27.5 Å². The smallest absolute Gasteiger partial charge is 0.261 e. The molecule has 1 heterocycles. The van der Waals surface area contributed by atoms with Crippen LogP contribution in [-0.2, 0) is 4.79 Å². The molecule has 1 aliphatic rings. The van der Waals surface area contributed by atoms with Crippen LogP contribution in [0.4, 0.5) is 0 Å². The van der Waals surface area contributed by atoms with Crippen molar-refractivity contribution < 1.29 is 9.59 Å². The van der Waals surface area contributed by atoms with E-state index >= 15 is 0 Å². The van der Waals surface area contributed by atoms with Crippen molar-refractivity contribution in [1.82, 2.24) is 4.90 Å². The van der Waals surface area contributed by atoms with E-state index in [1.807, 2.05) is 6.92 Å². The SMILES string of the molecule is CC1CC(=O)N(C(=O)c2ccc(Cl)cc2Br)C1. The molecule has 1 aromatic carbocycles. The lowest BCUT2D eigenvalue weighted by molar-refractivity contribution is -0.125. The third-order valence-corrected chi connectivity index (χ3v) is 3.62. The molecular formula is C12H11BrClNO2. The van der Waals surface area contributed by atoms with Crippen molar-refractivity contribution in [3.05, 3.63) is 33.3 Å². The number of carbonyl (C=O) groups excluding carboxylic acids is 2. The van der Waals surface area contributed by atoms with Gasteiger partial charge in [0, 0.05) is 22.5 Å². The van der Waals surface area contributed by atoms with Crippen molar-refractivity contribution >= 4 is 39.3 Å². The normalized spacial score (nSPS) is 19.8. The highest BCUT2D eigenvalue weighted by Gasteiger charge is 2.32. The van der Waals surface area contributed by atoms with Crippen molar-refractivity contribution in [3.63, 3.8) is 0 Å². The molecule has 1 atom stereocenters. The van der Waals surface area contributed by atoms with Crippen LogP contribution in [0.3, 0.4) is 0 Å². The Kier molecular flexibility index (Phi) is 3.54. The average molecular weight is 317 g/mol. The molecule has 90 valence electrons. The molecule has 0 radical (unpaired) electrons. The van der Waals surface area contributed by atoms with Crippen LogP contribution in [0, 0.1) is 5.92 Å². The van der Waals surface area contributed by atoms with E-state index in [1.165, 1.54) is 4.90 Å². The van der Waals surface area contributed by atoms with Crippen LogP contribution in [0.1, 0.15) is 23.7 Å². The van der Waals surface area contributed by atoms with Gasteiger partial charge in [-0.25, -0.2) is 0 Å². The molecule has 0 spiro atoms. The summed E-state index contributed by atoms with van der Waals surface area (Å²) in [6.45, 7) is 2.45. The number of amides is 2. The molecule has 0 N–H and O–H groups in total. The van der Waals surface area contributed by atoms with Crippen LogP contribution in [0.25, 0.3) is 0 Å². The van der Waals surface area contributed by atoms with E-state index in [0.717, 1.165) is 0 Å². The molecule has 1 saturated heterocycles. The van der Waals surface area contributed by atoms with Crippen molar-refractivity contribution in [2.75, 3.05) is 6.54 Å². The Morgan fingerprint density at radius 3 is 2.76 bits per heavy atom. The lowest BCUT2D eigenvalue weighted by atomic mass is 10.2. The second-order valence-electron chi connectivity index (χ2n) is 4.24. The molecule has 1 fully saturated rings. The van der Waals surface area contributed by atoms with Gasteiger partial charge in [-0.05, 0) is 40.0 Å². The lowest BCUT2D eigenvalue weighted by Gasteiger charge is -2.15. The van der Waals surface area contributed by atoms with Crippen LogP contribution < -0.4 is 0 Å². The Morgan fingerprint density at radius 1 is 1.53 bits per heavy atom. The molecule has 1 aromatic rings. The zero-order chi connectivity index (χ0) is 12.6. The van der Waals surface area contributed by atoms with Crippen LogP contribution in [0.15, 0.2) is 22.7 Å². The molecule has 0 bridgehead atoms. The number of likely N-dealkylation sites (tertiary alicyclic amines) is 1. The molecule has 0 aromatic heterocycles. The summed E-state index contributed by atoms with van der Waals surface area (Å²) in [5, 5.41) is 0.551. The Bertz CT molecular complexity index is 489. The predicted molar refractivity (Wildman–Crippen MR) is 69.0 cm³/mol. The largest absolute Gasteiger partial charge is 0.278 e. The summed E-state index contributed by atoms with van der Waals surface area (Å²) in [6.07, 6.45) is 0.441. The number of rotatable bonds is 1. The summed E-state index contributed by atoms with van der Waals surface area (Å²) in [5.41, 5.74) is 0.469. The van der Waals surface area contributed by atoms with E-state index in [4.69, 9.17) is 11.6 Å². The van der Waals surface area contributed by atoms with Crippen molar-refractivity contribution in [2.45, 2.75) is 13.3 Å². The maximum atomic E-state index is 12.2. The molecule has 0 saturated carbocycles. The predicted octanol–water partition coefficient (Wildman–Crippen LogP) is 3.11. The minimum Gasteiger partial charge on any atom is -0.278 e. The van der Waals surface area contributed by atoms with Gasteiger partial charge in [-0.2, -0.15) is 0 Å². The second kappa shape index (κ2) is 4.78. The van der Waals surface area contributed by atoms with Crippen molar-refractivity contribution in [2.24, 2.45) is 5.92 Å². The minimum absolute atomic E-state index is 0.107. The third kappa shape index (κ3) is 2.53. The zero-order valence-electron chi connectivity index (χ0n) is 9.24. The van der Waals surface area contributed by atoms with E-state index in [0.29, 0.717) is 28.0 Å². The first kappa shape index (κ1) is 12.6. The third-order valence-electron chi connectivity index (χ3n) is 2.73. The van der Waals surface area contributed by atoms with Gasteiger partial charge in [-0.1, -0.05) is 18.5 Å². The summed E-state index contributed by atoms with van der Waals surface area (Å²) in [5.74, 6) is -0.134. The van der Waals surface area contributed by atoms with Crippen LogP contribution in [-0.4, -0.2) is 23.3 Å². The van der Waals surface area contributed by atoms with Crippen molar-refractivity contribution in [1.29, 1.82) is 0 Å². The second-order valence-corrected chi connectivity index (χ2v) is 5.53. The van der Waals surface area contributed by atoms with Gasteiger partial charge in [0.1, 0.15) is 0 Å². The average Bonchev–Trinajstić information content (AvgIpc) is 2.57. The maximum absolute atomic E-state index is 12.2. The van der Waals surface area contributed by atoms with Gasteiger partial charge in [0.05, 0.1) is 5.56 Å². The zero-order valence-corrected chi connectivity index (χ0v) is 11.6. The standard InChI is InChI=1S/C12H11BrClNO2/c1-7-4-11(16)15(6-7)12(17)9-3-2-8(14)5-10(9)13/h2-3,5,7H,4,6H2,1H3. The Labute approximate surface area is 113 Å². The summed E-state index contributed by atoms with van der Waals surface area (Å²) in [7, 11) is 0. The molecule has 1 unspecified atom stereocenters. The van der Waals surface area contributed by atoms with Gasteiger partial charge >= 0.3 is 0 Å². The number of imide groups is 1. The van der Waals surface area contributed by atoms with Gasteiger partial charge in [-0.3, -0.25) is 14.5 Å². The first-order valence-corrected chi connectivity index (χ1v) is 6.46. The van der Waals surface area contributed by atoms with E-state index < -0.39 is 0 Å². The molecule has 3 nitrogen and oxygen atoms in total. The van der Waals surface area contributed by atoms with E-state index in [1.54, 1.807) is 18.2 Å². The van der Waals surface area contributed by atoms with Gasteiger partial charge in [0.15, 0.2) is 0 Å². The quantitative estimate of drug-likeness (QED) is 0.747. The summed E-state index contributed by atoms with van der Waals surface area (Å²) in [6, 6.07) is 4.92. The number of benzene rings is 1. The first-order valence-electron chi connectivity index (χ1n) is 5.29. The molecule has 0 aliphatic carbocycles. The Morgan fingerprint density at radius 2 is 2.24 bits per heavy atom. The highest BCUT2D eigenvalue weighted by atomic mass is 79.9. The fraction of sp³-hybridized carbons (Fsp3) is 0.333. The highest BCUT2D eigenvalue weighted by Crippen LogP contribution is 2.25.